The maximum Gasteiger partial charge on any atom is 0.271 e. The van der Waals surface area contributed by atoms with E-state index < -0.39 is 31.4 Å². The lowest BCUT2D eigenvalue weighted by Gasteiger charge is -1.94. The van der Waals surface area contributed by atoms with E-state index in [-0.39, 0.29) is 11.5 Å². The van der Waals surface area contributed by atoms with E-state index in [2.05, 4.69) is 10.3 Å². The molecule has 0 saturated heterocycles. The van der Waals surface area contributed by atoms with Gasteiger partial charge in [-0.15, -0.1) is 0 Å². The van der Waals surface area contributed by atoms with E-state index in [0.717, 1.165) is 0 Å². The SMILES string of the molecule is NS(N)(=O)=O.O=Ic1ccc(O)cc1O. The molecule has 0 spiro atoms. The number of phenolic OH excluding ortho intramolecular Hbond substituents is 2. The Bertz CT molecular complexity index is 439. The van der Waals surface area contributed by atoms with Gasteiger partial charge in [0.2, 0.25) is 0 Å². The van der Waals surface area contributed by atoms with E-state index in [4.69, 9.17) is 10.2 Å². The summed E-state index contributed by atoms with van der Waals surface area (Å²) in [7, 11) is -3.67. The van der Waals surface area contributed by atoms with Crippen molar-refractivity contribution in [3.63, 3.8) is 0 Å². The normalized spacial score (nSPS) is 10.3. The van der Waals surface area contributed by atoms with Gasteiger partial charge >= 0.3 is 0 Å². The number of rotatable bonds is 1. The fourth-order valence-electron chi connectivity index (χ4n) is 0.566. The number of phenols is 2. The van der Waals surface area contributed by atoms with E-state index in [9.17, 15) is 11.5 Å². The lowest BCUT2D eigenvalue weighted by molar-refractivity contribution is 0.448. The third kappa shape index (κ3) is 8.23. The number of nitrogens with two attached hydrogens (primary N) is 2. The largest absolute Gasteiger partial charge is 0.508 e. The Hall–Kier alpha value is -0.780. The smallest absolute Gasteiger partial charge is 0.271 e. The van der Waals surface area contributed by atoms with Gasteiger partial charge in [0.05, 0.1) is 3.57 Å². The molecular weight excluding hydrogens is 339 g/mol. The lowest BCUT2D eigenvalue weighted by Crippen LogP contribution is -2.21. The van der Waals surface area contributed by atoms with Gasteiger partial charge in [0, 0.05) is 6.07 Å². The molecule has 7 nitrogen and oxygen atoms in total. The van der Waals surface area contributed by atoms with Crippen LogP contribution < -0.4 is 10.3 Å². The molecule has 0 heterocycles. The molecule has 15 heavy (non-hydrogen) atoms. The van der Waals surface area contributed by atoms with Crippen LogP contribution in [0.3, 0.4) is 0 Å². The van der Waals surface area contributed by atoms with E-state index in [1.165, 1.54) is 18.2 Å². The van der Waals surface area contributed by atoms with Crippen molar-refractivity contribution in [3.8, 4) is 11.5 Å². The van der Waals surface area contributed by atoms with Crippen LogP contribution in [-0.4, -0.2) is 18.6 Å². The maximum absolute atomic E-state index is 10.3. The van der Waals surface area contributed by atoms with Gasteiger partial charge in [-0.3, -0.25) is 3.07 Å². The second kappa shape index (κ2) is 5.95. The first-order valence-electron chi connectivity index (χ1n) is 3.33. The second-order valence-corrected chi connectivity index (χ2v) is 5.08. The van der Waals surface area contributed by atoms with E-state index in [1.807, 2.05) is 0 Å². The van der Waals surface area contributed by atoms with Gasteiger partial charge in [-0.05, 0) is 12.1 Å². The number of aromatic hydroxyl groups is 2. The maximum atomic E-state index is 10.3. The summed E-state index contributed by atoms with van der Waals surface area (Å²) in [6, 6.07) is 4.02. The van der Waals surface area contributed by atoms with Crippen molar-refractivity contribution in [2.24, 2.45) is 10.3 Å². The minimum absolute atomic E-state index is 0.0151. The summed E-state index contributed by atoms with van der Waals surface area (Å²) in [6.45, 7) is 0. The fraction of sp³-hybridized carbons (Fsp3) is 0. The number of halogens is 1. The van der Waals surface area contributed by atoms with Crippen molar-refractivity contribution < 1.29 is 21.7 Å². The molecule has 0 aliphatic carbocycles. The molecule has 9 heteroatoms. The van der Waals surface area contributed by atoms with Gasteiger partial charge in [-0.1, -0.05) is 0 Å². The van der Waals surface area contributed by atoms with Crippen molar-refractivity contribution in [3.05, 3.63) is 21.8 Å². The van der Waals surface area contributed by atoms with Gasteiger partial charge in [-0.25, -0.2) is 10.3 Å². The van der Waals surface area contributed by atoms with Crippen LogP contribution in [0, 0.1) is 3.57 Å². The highest BCUT2D eigenvalue weighted by molar-refractivity contribution is 14.1. The molecule has 1 rings (SSSR count). The first-order chi connectivity index (χ1) is 6.74. The molecule has 0 aliphatic heterocycles. The molecule has 0 atom stereocenters. The van der Waals surface area contributed by atoms with Crippen LogP contribution in [0.25, 0.3) is 0 Å². The molecule has 1 aromatic rings. The highest BCUT2D eigenvalue weighted by atomic mass is 127. The average molecular weight is 348 g/mol. The molecule has 0 unspecified atom stereocenters. The van der Waals surface area contributed by atoms with Crippen LogP contribution in [0.15, 0.2) is 18.2 Å². The van der Waals surface area contributed by atoms with Crippen LogP contribution in [0.4, 0.5) is 0 Å². The summed E-state index contributed by atoms with van der Waals surface area (Å²) in [5.74, 6) is -0.110. The Labute approximate surface area is 96.5 Å². The number of benzene rings is 1. The van der Waals surface area contributed by atoms with Gasteiger partial charge < -0.3 is 10.2 Å². The van der Waals surface area contributed by atoms with Crippen LogP contribution in [0.1, 0.15) is 0 Å². The molecule has 86 valence electrons. The predicted molar refractivity (Wildman–Crippen MR) is 60.5 cm³/mol. The van der Waals surface area contributed by atoms with Crippen molar-refractivity contribution in [2.75, 3.05) is 0 Å². The highest BCUT2D eigenvalue weighted by Gasteiger charge is 1.99. The monoisotopic (exact) mass is 348 g/mol. The van der Waals surface area contributed by atoms with Crippen LogP contribution in [0.5, 0.6) is 11.5 Å². The van der Waals surface area contributed by atoms with Crippen molar-refractivity contribution in [2.45, 2.75) is 0 Å². The molecular formula is C6H9IN2O5S. The zero-order valence-corrected chi connectivity index (χ0v) is 10.3. The average Bonchev–Trinajstić information content (AvgIpc) is 2.01. The molecule has 0 aliphatic rings. The Kier molecular flexibility index (Phi) is 5.64. The third-order valence-corrected chi connectivity index (χ3v) is 2.40. The minimum atomic E-state index is -3.67. The third-order valence-electron chi connectivity index (χ3n) is 1.01. The summed E-state index contributed by atoms with van der Waals surface area (Å²) in [5.41, 5.74) is 0. The Morgan fingerprint density at radius 1 is 1.20 bits per heavy atom. The Balaban J connectivity index is 0.000000336. The van der Waals surface area contributed by atoms with Crippen LogP contribution in [0.2, 0.25) is 0 Å². The molecule has 6 N–H and O–H groups in total. The summed E-state index contributed by atoms with van der Waals surface area (Å²) in [6.07, 6.45) is 0. The van der Waals surface area contributed by atoms with Gasteiger partial charge in [-0.2, -0.15) is 8.42 Å². The Morgan fingerprint density at radius 3 is 2.00 bits per heavy atom. The summed E-state index contributed by atoms with van der Waals surface area (Å²) < 4.78 is 29.1. The van der Waals surface area contributed by atoms with Crippen molar-refractivity contribution in [1.82, 2.24) is 0 Å². The topological polar surface area (TPSA) is 144 Å². The number of hydrogen-bond acceptors (Lipinski definition) is 5. The Morgan fingerprint density at radius 2 is 1.67 bits per heavy atom. The van der Waals surface area contributed by atoms with Crippen molar-refractivity contribution >= 4 is 31.4 Å². The second-order valence-electron chi connectivity index (χ2n) is 2.30. The molecule has 0 bridgehead atoms. The molecule has 0 aromatic heterocycles. The first kappa shape index (κ1) is 14.2. The zero-order chi connectivity index (χ0) is 12.1. The summed E-state index contributed by atoms with van der Waals surface area (Å²) in [4.78, 5) is 0. The zero-order valence-electron chi connectivity index (χ0n) is 7.29. The number of hydrogen-bond donors (Lipinski definition) is 4. The predicted octanol–water partition coefficient (Wildman–Crippen LogP) is -0.268. The van der Waals surface area contributed by atoms with Crippen molar-refractivity contribution in [1.29, 1.82) is 0 Å². The molecule has 0 amide bonds. The summed E-state index contributed by atoms with van der Waals surface area (Å²) >= 11 is -1.34. The van der Waals surface area contributed by atoms with Crippen LogP contribution >= 0.6 is 21.2 Å². The van der Waals surface area contributed by atoms with Gasteiger partial charge in [0.25, 0.3) is 10.2 Å². The van der Waals surface area contributed by atoms with E-state index in [0.29, 0.717) is 3.57 Å². The lowest BCUT2D eigenvalue weighted by atomic mass is 10.3. The molecule has 0 saturated carbocycles. The highest BCUT2D eigenvalue weighted by Crippen LogP contribution is 2.25. The van der Waals surface area contributed by atoms with E-state index in [1.54, 1.807) is 0 Å². The quantitative estimate of drug-likeness (QED) is 0.517. The standard InChI is InChI=1S/C6H5IO3.H4N2O2S/c8-4-1-2-5(7-10)6(9)3-4;1-5(2,3)4/h1-3,8-9H;(H4,1,2,3,4). The molecule has 1 aromatic carbocycles. The minimum Gasteiger partial charge on any atom is -0.508 e. The first-order valence-corrected chi connectivity index (χ1v) is 6.90. The van der Waals surface area contributed by atoms with Crippen LogP contribution in [-0.2, 0) is 13.3 Å². The fourth-order valence-corrected chi connectivity index (χ4v) is 1.27. The van der Waals surface area contributed by atoms with Gasteiger partial charge in [0.15, 0.2) is 21.2 Å². The van der Waals surface area contributed by atoms with Gasteiger partial charge in [0.1, 0.15) is 11.5 Å². The molecule has 0 fully saturated rings. The molecule has 0 radical (unpaired) electrons. The van der Waals surface area contributed by atoms with E-state index >= 15 is 0 Å². The summed E-state index contributed by atoms with van der Waals surface area (Å²) in [5, 5.41) is 26.0.